The lowest BCUT2D eigenvalue weighted by Crippen LogP contribution is -2.44. The molecule has 0 saturated carbocycles. The molecule has 21 heavy (non-hydrogen) atoms. The lowest BCUT2D eigenvalue weighted by Gasteiger charge is -2.26. The molecule has 0 radical (unpaired) electrons. The second kappa shape index (κ2) is 6.15. The number of carboxylic acids is 1. The van der Waals surface area contributed by atoms with Gasteiger partial charge in [-0.1, -0.05) is 30.5 Å². The number of hydrogen-bond donors (Lipinski definition) is 1. The van der Waals surface area contributed by atoms with Crippen LogP contribution in [0.25, 0.3) is 0 Å². The van der Waals surface area contributed by atoms with Crippen LogP contribution in [0.1, 0.15) is 36.8 Å². The van der Waals surface area contributed by atoms with Crippen molar-refractivity contribution in [3.63, 3.8) is 0 Å². The second-order valence-corrected chi connectivity index (χ2v) is 7.45. The Morgan fingerprint density at radius 1 is 1.24 bits per heavy atom. The van der Waals surface area contributed by atoms with E-state index in [1.165, 1.54) is 4.31 Å². The highest BCUT2D eigenvalue weighted by Crippen LogP contribution is 2.27. The van der Waals surface area contributed by atoms with E-state index in [-0.39, 0.29) is 11.4 Å². The van der Waals surface area contributed by atoms with Crippen LogP contribution in [-0.2, 0) is 14.8 Å². The van der Waals surface area contributed by atoms with Crippen molar-refractivity contribution in [1.82, 2.24) is 4.31 Å². The average Bonchev–Trinajstić information content (AvgIpc) is 2.64. The van der Waals surface area contributed by atoms with Gasteiger partial charge in [-0.05, 0) is 38.3 Å². The Bertz CT molecular complexity index is 639. The van der Waals surface area contributed by atoms with Crippen LogP contribution in [0.5, 0.6) is 0 Å². The van der Waals surface area contributed by atoms with Crippen LogP contribution in [0.2, 0.25) is 0 Å². The first-order chi connectivity index (χ1) is 9.84. The molecule has 1 aromatic rings. The summed E-state index contributed by atoms with van der Waals surface area (Å²) in [6, 6.07) is 4.16. The number of benzene rings is 1. The number of nitrogens with zero attached hydrogens (tertiary/aromatic N) is 1. The van der Waals surface area contributed by atoms with Crippen LogP contribution in [0.3, 0.4) is 0 Å². The quantitative estimate of drug-likeness (QED) is 0.929. The van der Waals surface area contributed by atoms with E-state index in [1.807, 2.05) is 6.92 Å². The average molecular weight is 311 g/mol. The smallest absolute Gasteiger partial charge is 0.322 e. The van der Waals surface area contributed by atoms with Crippen LogP contribution in [0, 0.1) is 13.8 Å². The van der Waals surface area contributed by atoms with Crippen LogP contribution >= 0.6 is 0 Å². The highest BCUT2D eigenvalue weighted by molar-refractivity contribution is 7.89. The highest BCUT2D eigenvalue weighted by atomic mass is 32.2. The minimum absolute atomic E-state index is 0.209. The lowest BCUT2D eigenvalue weighted by atomic mass is 10.1. The topological polar surface area (TPSA) is 74.7 Å². The van der Waals surface area contributed by atoms with Crippen molar-refractivity contribution in [1.29, 1.82) is 0 Å². The second-order valence-electron chi connectivity index (χ2n) is 5.59. The van der Waals surface area contributed by atoms with Gasteiger partial charge in [-0.2, -0.15) is 4.31 Å². The molecule has 1 heterocycles. The zero-order chi connectivity index (χ0) is 15.6. The van der Waals surface area contributed by atoms with E-state index in [0.29, 0.717) is 18.4 Å². The number of aliphatic carboxylic acids is 1. The van der Waals surface area contributed by atoms with E-state index >= 15 is 0 Å². The summed E-state index contributed by atoms with van der Waals surface area (Å²) in [5, 5.41) is 9.35. The van der Waals surface area contributed by atoms with E-state index in [0.717, 1.165) is 18.4 Å². The first kappa shape index (κ1) is 16.0. The molecule has 6 heteroatoms. The maximum absolute atomic E-state index is 12.8. The van der Waals surface area contributed by atoms with Gasteiger partial charge in [-0.25, -0.2) is 8.42 Å². The molecule has 0 bridgehead atoms. The predicted octanol–water partition coefficient (Wildman–Crippen LogP) is 2.32. The molecule has 1 unspecified atom stereocenters. The molecule has 2 rings (SSSR count). The van der Waals surface area contributed by atoms with Gasteiger partial charge < -0.3 is 5.11 Å². The summed E-state index contributed by atoms with van der Waals surface area (Å²) in [5.41, 5.74) is 1.64. The molecule has 1 aliphatic heterocycles. The number of aryl methyl sites for hydroxylation is 2. The number of carbonyl (C=O) groups is 1. The SMILES string of the molecule is Cc1ccc(S(=O)(=O)N2CCCCCC2C(=O)O)c(C)c1. The Kier molecular flexibility index (Phi) is 4.68. The van der Waals surface area contributed by atoms with Gasteiger partial charge in [0.25, 0.3) is 0 Å². The monoisotopic (exact) mass is 311 g/mol. The van der Waals surface area contributed by atoms with Crippen molar-refractivity contribution in [2.75, 3.05) is 6.54 Å². The van der Waals surface area contributed by atoms with Gasteiger partial charge in [0.15, 0.2) is 0 Å². The normalized spacial score (nSPS) is 21.0. The van der Waals surface area contributed by atoms with E-state index in [9.17, 15) is 18.3 Å². The molecule has 0 aliphatic carbocycles. The Morgan fingerprint density at radius 2 is 1.95 bits per heavy atom. The molecule has 1 N–H and O–H groups in total. The fourth-order valence-corrected chi connectivity index (χ4v) is 4.69. The van der Waals surface area contributed by atoms with Crippen LogP contribution < -0.4 is 0 Å². The molecular weight excluding hydrogens is 290 g/mol. The summed E-state index contributed by atoms with van der Waals surface area (Å²) in [7, 11) is -3.77. The number of carboxylic acid groups (broad SMARTS) is 1. The molecule has 1 fully saturated rings. The van der Waals surface area contributed by atoms with Gasteiger partial charge in [-0.3, -0.25) is 4.79 Å². The van der Waals surface area contributed by atoms with Gasteiger partial charge >= 0.3 is 5.97 Å². The maximum Gasteiger partial charge on any atom is 0.322 e. The number of hydrogen-bond acceptors (Lipinski definition) is 3. The largest absolute Gasteiger partial charge is 0.480 e. The van der Waals surface area contributed by atoms with E-state index < -0.39 is 22.0 Å². The van der Waals surface area contributed by atoms with Gasteiger partial charge in [0.2, 0.25) is 10.0 Å². The summed E-state index contributed by atoms with van der Waals surface area (Å²) < 4.78 is 26.9. The van der Waals surface area contributed by atoms with Crippen LogP contribution in [-0.4, -0.2) is 36.4 Å². The zero-order valence-electron chi connectivity index (χ0n) is 12.4. The van der Waals surface area contributed by atoms with Crippen molar-refractivity contribution < 1.29 is 18.3 Å². The number of sulfonamides is 1. The molecule has 5 nitrogen and oxygen atoms in total. The third-order valence-corrected chi connectivity index (χ3v) is 5.97. The van der Waals surface area contributed by atoms with Crippen LogP contribution in [0.4, 0.5) is 0 Å². The van der Waals surface area contributed by atoms with Gasteiger partial charge in [0.1, 0.15) is 6.04 Å². The van der Waals surface area contributed by atoms with Crippen molar-refractivity contribution in [2.24, 2.45) is 0 Å². The molecule has 0 amide bonds. The molecular formula is C15H21NO4S. The molecule has 1 saturated heterocycles. The Morgan fingerprint density at radius 3 is 2.57 bits per heavy atom. The predicted molar refractivity (Wildman–Crippen MR) is 79.7 cm³/mol. The standard InChI is InChI=1S/C15H21NO4S/c1-11-7-8-14(12(2)10-11)21(19,20)16-9-5-3-4-6-13(16)15(17)18/h7-8,10,13H,3-6,9H2,1-2H3,(H,17,18). The molecule has 1 aliphatic rings. The molecule has 0 aromatic heterocycles. The maximum atomic E-state index is 12.8. The Labute approximate surface area is 125 Å². The lowest BCUT2D eigenvalue weighted by molar-refractivity contribution is -0.141. The first-order valence-electron chi connectivity index (χ1n) is 7.16. The Balaban J connectivity index is 2.46. The first-order valence-corrected chi connectivity index (χ1v) is 8.60. The van der Waals surface area contributed by atoms with E-state index in [2.05, 4.69) is 0 Å². The minimum atomic E-state index is -3.77. The zero-order valence-corrected chi connectivity index (χ0v) is 13.2. The highest BCUT2D eigenvalue weighted by Gasteiger charge is 2.37. The van der Waals surface area contributed by atoms with Crippen LogP contribution in [0.15, 0.2) is 23.1 Å². The minimum Gasteiger partial charge on any atom is -0.480 e. The molecule has 1 aromatic carbocycles. The van der Waals surface area contributed by atoms with E-state index in [4.69, 9.17) is 0 Å². The van der Waals surface area contributed by atoms with Crippen molar-refractivity contribution >= 4 is 16.0 Å². The summed E-state index contributed by atoms with van der Waals surface area (Å²) in [4.78, 5) is 11.6. The summed E-state index contributed by atoms with van der Waals surface area (Å²) in [6.07, 6.45) is 2.69. The van der Waals surface area contributed by atoms with Crippen molar-refractivity contribution in [3.05, 3.63) is 29.3 Å². The fourth-order valence-electron chi connectivity index (χ4n) is 2.83. The molecule has 116 valence electrons. The number of rotatable bonds is 3. The summed E-state index contributed by atoms with van der Waals surface area (Å²) in [6.45, 7) is 3.91. The Hall–Kier alpha value is -1.40. The molecule has 0 spiro atoms. The van der Waals surface area contributed by atoms with Gasteiger partial charge in [-0.15, -0.1) is 0 Å². The van der Waals surface area contributed by atoms with Gasteiger partial charge in [0.05, 0.1) is 4.90 Å². The molecule has 1 atom stereocenters. The third kappa shape index (κ3) is 3.27. The summed E-state index contributed by atoms with van der Waals surface area (Å²) >= 11 is 0. The fraction of sp³-hybridized carbons (Fsp3) is 0.533. The van der Waals surface area contributed by atoms with Crippen molar-refractivity contribution in [2.45, 2.75) is 50.5 Å². The van der Waals surface area contributed by atoms with E-state index in [1.54, 1.807) is 25.1 Å². The third-order valence-electron chi connectivity index (χ3n) is 3.91. The van der Waals surface area contributed by atoms with Crippen molar-refractivity contribution in [3.8, 4) is 0 Å². The van der Waals surface area contributed by atoms with Gasteiger partial charge in [0, 0.05) is 6.54 Å². The summed E-state index contributed by atoms with van der Waals surface area (Å²) in [5.74, 6) is -1.06.